The maximum Gasteiger partial charge on any atom is 0.110 e. The number of nitrogens with two attached hydrogens (primary N) is 1. The van der Waals surface area contributed by atoms with Crippen molar-refractivity contribution < 1.29 is 0 Å². The molecule has 1 saturated heterocycles. The molecule has 1 aliphatic rings. The summed E-state index contributed by atoms with van der Waals surface area (Å²) in [5, 5.41) is 0. The van der Waals surface area contributed by atoms with Gasteiger partial charge in [-0.1, -0.05) is 24.3 Å². The highest BCUT2D eigenvalue weighted by molar-refractivity contribution is 7.98. The van der Waals surface area contributed by atoms with E-state index in [2.05, 4.69) is 44.0 Å². The molecule has 3 N–H and O–H groups in total. The maximum absolute atomic E-state index is 5.68. The molecule has 0 unspecified atom stereocenters. The second-order valence-electron chi connectivity index (χ2n) is 6.91. The molecule has 1 aliphatic heterocycles. The van der Waals surface area contributed by atoms with Gasteiger partial charge in [-0.05, 0) is 30.6 Å². The van der Waals surface area contributed by atoms with Crippen LogP contribution in [-0.2, 0) is 12.2 Å². The zero-order valence-corrected chi connectivity index (χ0v) is 16.4. The van der Waals surface area contributed by atoms with Gasteiger partial charge in [-0.15, -0.1) is 0 Å². The van der Waals surface area contributed by atoms with E-state index in [9.17, 15) is 0 Å². The highest BCUT2D eigenvalue weighted by Gasteiger charge is 2.13. The van der Waals surface area contributed by atoms with E-state index in [1.165, 1.54) is 56.0 Å². The summed E-state index contributed by atoms with van der Waals surface area (Å²) in [7, 11) is 0. The summed E-state index contributed by atoms with van der Waals surface area (Å²) in [6.07, 6.45) is 5.82. The van der Waals surface area contributed by atoms with Crippen LogP contribution in [0.3, 0.4) is 0 Å². The lowest BCUT2D eigenvalue weighted by molar-refractivity contribution is 0.269. The number of imidazole rings is 1. The zero-order valence-electron chi connectivity index (χ0n) is 15.6. The molecule has 26 heavy (non-hydrogen) atoms. The highest BCUT2D eigenvalue weighted by Crippen LogP contribution is 2.15. The van der Waals surface area contributed by atoms with E-state index in [4.69, 9.17) is 5.73 Å². The predicted octanol–water partition coefficient (Wildman–Crippen LogP) is 2.20. The van der Waals surface area contributed by atoms with Crippen LogP contribution in [-0.4, -0.2) is 71.3 Å². The molecule has 0 radical (unpaired) electrons. The summed E-state index contributed by atoms with van der Waals surface area (Å²) in [6.45, 7) is 7.78. The number of hydrogen-bond donors (Lipinski definition) is 2. The van der Waals surface area contributed by atoms with Gasteiger partial charge >= 0.3 is 0 Å². The van der Waals surface area contributed by atoms with Crippen molar-refractivity contribution in [2.75, 3.05) is 51.6 Å². The van der Waals surface area contributed by atoms with Gasteiger partial charge in [0.2, 0.25) is 0 Å². The fraction of sp³-hybridized carbons (Fsp3) is 0.550. The molecular weight excluding hydrogens is 342 g/mol. The van der Waals surface area contributed by atoms with Crippen molar-refractivity contribution in [1.29, 1.82) is 0 Å². The minimum atomic E-state index is 0.774. The molecule has 3 rings (SSSR count). The number of benzene rings is 1. The first-order valence-electron chi connectivity index (χ1n) is 9.62. The van der Waals surface area contributed by atoms with Gasteiger partial charge in [-0.25, -0.2) is 4.98 Å². The summed E-state index contributed by atoms with van der Waals surface area (Å²) in [6, 6.07) is 8.95. The molecule has 1 aromatic heterocycles. The molecule has 0 spiro atoms. The normalized spacial score (nSPS) is 16.7. The largest absolute Gasteiger partial charge is 0.348 e. The van der Waals surface area contributed by atoms with Crippen LogP contribution >= 0.6 is 11.8 Å². The monoisotopic (exact) mass is 373 g/mol. The molecule has 142 valence electrons. The summed E-state index contributed by atoms with van der Waals surface area (Å²) in [5.41, 5.74) is 8.39. The van der Waals surface area contributed by atoms with Crippen molar-refractivity contribution in [3.8, 4) is 0 Å². The van der Waals surface area contributed by atoms with Crippen molar-refractivity contribution in [3.05, 3.63) is 53.6 Å². The van der Waals surface area contributed by atoms with Crippen LogP contribution in [0.1, 0.15) is 23.4 Å². The molecule has 0 atom stereocenters. The second-order valence-corrected chi connectivity index (χ2v) is 8.01. The smallest absolute Gasteiger partial charge is 0.110 e. The van der Waals surface area contributed by atoms with Crippen molar-refractivity contribution in [2.24, 2.45) is 5.73 Å². The van der Waals surface area contributed by atoms with Crippen molar-refractivity contribution >= 4 is 11.8 Å². The van der Waals surface area contributed by atoms with Crippen LogP contribution in [0.25, 0.3) is 0 Å². The molecule has 6 heteroatoms. The third-order valence-corrected chi connectivity index (χ3v) is 5.91. The quantitative estimate of drug-likeness (QED) is 0.660. The van der Waals surface area contributed by atoms with Crippen molar-refractivity contribution in [1.82, 2.24) is 19.8 Å². The number of hydrogen-bond acceptors (Lipinski definition) is 5. The molecule has 2 heterocycles. The SMILES string of the molecule is NCCN1CCCN(CCSCc2ccc(Cc3ncc[nH]3)cc2)CC1. The van der Waals surface area contributed by atoms with E-state index in [1.54, 1.807) is 6.20 Å². The van der Waals surface area contributed by atoms with Crippen molar-refractivity contribution in [2.45, 2.75) is 18.6 Å². The first-order valence-corrected chi connectivity index (χ1v) is 10.8. The van der Waals surface area contributed by atoms with Gasteiger partial charge in [-0.3, -0.25) is 0 Å². The van der Waals surface area contributed by atoms with E-state index in [1.807, 2.05) is 18.0 Å². The van der Waals surface area contributed by atoms with Crippen molar-refractivity contribution in [3.63, 3.8) is 0 Å². The summed E-state index contributed by atoms with van der Waals surface area (Å²) < 4.78 is 0. The van der Waals surface area contributed by atoms with Crippen LogP contribution in [0, 0.1) is 0 Å². The molecule has 1 aromatic carbocycles. The lowest BCUT2D eigenvalue weighted by Crippen LogP contribution is -2.34. The van der Waals surface area contributed by atoms with Gasteiger partial charge in [-0.2, -0.15) is 11.8 Å². The molecule has 0 aliphatic carbocycles. The number of aromatic nitrogens is 2. The average Bonchev–Trinajstić information content (AvgIpc) is 3.06. The van der Waals surface area contributed by atoms with Crippen LogP contribution in [0.2, 0.25) is 0 Å². The molecule has 0 bridgehead atoms. The Morgan fingerprint density at radius 3 is 2.42 bits per heavy atom. The number of thioether (sulfide) groups is 1. The van der Waals surface area contributed by atoms with Gasteiger partial charge in [0.05, 0.1) is 0 Å². The zero-order chi connectivity index (χ0) is 18.0. The minimum absolute atomic E-state index is 0.774. The van der Waals surface area contributed by atoms with E-state index >= 15 is 0 Å². The molecule has 1 fully saturated rings. The standard InChI is InChI=1S/C20H31N5S/c21-6-11-24-9-1-10-25(13-12-24)14-15-26-17-19-4-2-18(3-5-19)16-20-22-7-8-23-20/h2-5,7-8H,1,6,9-17,21H2,(H,22,23). The van der Waals surface area contributed by atoms with E-state index in [0.29, 0.717) is 0 Å². The topological polar surface area (TPSA) is 61.2 Å². The lowest BCUT2D eigenvalue weighted by Gasteiger charge is -2.21. The van der Waals surface area contributed by atoms with E-state index in [0.717, 1.165) is 31.1 Å². The van der Waals surface area contributed by atoms with Crippen LogP contribution < -0.4 is 5.73 Å². The number of aromatic amines is 1. The Morgan fingerprint density at radius 2 is 1.73 bits per heavy atom. The van der Waals surface area contributed by atoms with Crippen LogP contribution in [0.15, 0.2) is 36.7 Å². The Labute approximate surface area is 161 Å². The fourth-order valence-electron chi connectivity index (χ4n) is 3.38. The number of H-pyrrole nitrogens is 1. The highest BCUT2D eigenvalue weighted by atomic mass is 32.2. The predicted molar refractivity (Wildman–Crippen MR) is 111 cm³/mol. The van der Waals surface area contributed by atoms with Gasteiger partial charge in [0, 0.05) is 63.0 Å². The summed E-state index contributed by atoms with van der Waals surface area (Å²) >= 11 is 2.04. The lowest BCUT2D eigenvalue weighted by atomic mass is 10.1. The fourth-order valence-corrected chi connectivity index (χ4v) is 4.34. The first-order chi connectivity index (χ1) is 12.8. The van der Waals surface area contributed by atoms with Gasteiger partial charge in [0.15, 0.2) is 0 Å². The number of nitrogens with one attached hydrogen (secondary N) is 1. The van der Waals surface area contributed by atoms with Gasteiger partial charge < -0.3 is 20.5 Å². The number of nitrogens with zero attached hydrogens (tertiary/aromatic N) is 3. The van der Waals surface area contributed by atoms with Crippen LogP contribution in [0.4, 0.5) is 0 Å². The second kappa shape index (κ2) is 10.7. The average molecular weight is 374 g/mol. The molecular formula is C20H31N5S. The Morgan fingerprint density at radius 1 is 1.00 bits per heavy atom. The van der Waals surface area contributed by atoms with E-state index < -0.39 is 0 Å². The van der Waals surface area contributed by atoms with Crippen LogP contribution in [0.5, 0.6) is 0 Å². The summed E-state index contributed by atoms with van der Waals surface area (Å²) in [4.78, 5) is 12.5. The van der Waals surface area contributed by atoms with Gasteiger partial charge in [0.25, 0.3) is 0 Å². The minimum Gasteiger partial charge on any atom is -0.348 e. The third kappa shape index (κ3) is 6.43. The Hall–Kier alpha value is -1.34. The maximum atomic E-state index is 5.68. The molecule has 0 amide bonds. The molecule has 0 saturated carbocycles. The molecule has 2 aromatic rings. The third-order valence-electron chi connectivity index (χ3n) is 4.90. The number of rotatable bonds is 9. The molecule has 5 nitrogen and oxygen atoms in total. The first kappa shape index (κ1) is 19.4. The Balaban J connectivity index is 1.33. The summed E-state index contributed by atoms with van der Waals surface area (Å²) in [5.74, 6) is 3.31. The van der Waals surface area contributed by atoms with Gasteiger partial charge in [0.1, 0.15) is 5.82 Å². The Kier molecular flexibility index (Phi) is 8.01. The Bertz CT molecular complexity index is 614. The van der Waals surface area contributed by atoms with E-state index in [-0.39, 0.29) is 0 Å².